The van der Waals surface area contributed by atoms with E-state index in [0.717, 1.165) is 16.0 Å². The minimum absolute atomic E-state index is 0.206. The Morgan fingerprint density at radius 1 is 1.25 bits per heavy atom. The fourth-order valence-corrected chi connectivity index (χ4v) is 4.87. The van der Waals surface area contributed by atoms with E-state index in [0.29, 0.717) is 10.7 Å². The number of aryl methyl sites for hydroxylation is 1. The van der Waals surface area contributed by atoms with Crippen molar-refractivity contribution >= 4 is 28.7 Å². The number of aliphatic hydroxyl groups excluding tert-OH is 3. The van der Waals surface area contributed by atoms with Gasteiger partial charge in [0.15, 0.2) is 0 Å². The molecule has 0 spiro atoms. The molecule has 2 heterocycles. The third-order valence-corrected chi connectivity index (χ3v) is 6.91. The quantitative estimate of drug-likeness (QED) is 0.389. The number of benzene rings is 1. The number of aliphatic hydroxyl groups is 3. The highest BCUT2D eigenvalue weighted by Crippen LogP contribution is 2.38. The summed E-state index contributed by atoms with van der Waals surface area (Å²) in [5.74, 6) is 0.249. The van der Waals surface area contributed by atoms with E-state index in [1.165, 1.54) is 12.4 Å². The molecule has 3 aromatic rings. The first-order chi connectivity index (χ1) is 16.9. The van der Waals surface area contributed by atoms with Gasteiger partial charge in [-0.2, -0.15) is 0 Å². The lowest BCUT2D eigenvalue weighted by Crippen LogP contribution is -2.47. The fraction of sp³-hybridized carbons (Fsp3) is 0.480. The van der Waals surface area contributed by atoms with E-state index >= 15 is 0 Å². The largest absolute Gasteiger partial charge is 0.487 e. The summed E-state index contributed by atoms with van der Waals surface area (Å²) in [6.07, 6.45) is -1.99. The second-order valence-electron chi connectivity index (χ2n) is 10.1. The predicted octanol–water partition coefficient (Wildman–Crippen LogP) is 3.32. The fourth-order valence-electron chi connectivity index (χ4n) is 4.69. The van der Waals surface area contributed by atoms with Crippen LogP contribution in [-0.2, 0) is 0 Å². The van der Waals surface area contributed by atoms with Crippen molar-refractivity contribution in [1.82, 2.24) is 19.4 Å². The van der Waals surface area contributed by atoms with Crippen molar-refractivity contribution in [1.29, 1.82) is 0 Å². The Morgan fingerprint density at radius 3 is 2.64 bits per heavy atom. The Balaban J connectivity index is 1.59. The maximum atomic E-state index is 11.8. The van der Waals surface area contributed by atoms with Crippen LogP contribution in [0.3, 0.4) is 0 Å². The topological polar surface area (TPSA) is 141 Å². The molecule has 5 atom stereocenters. The number of nitrogens with zero attached hydrogens (tertiary/aromatic N) is 4. The van der Waals surface area contributed by atoms with Gasteiger partial charge in [0.1, 0.15) is 42.1 Å². The number of β-amino-alcohol motifs (C(OH)–C–C–N with tert-alkyl or cyclic N) is 1. The second kappa shape index (κ2) is 9.85. The molecule has 11 heteroatoms. The summed E-state index contributed by atoms with van der Waals surface area (Å²) in [4.78, 5) is 21.4. The summed E-state index contributed by atoms with van der Waals surface area (Å²) in [5.41, 5.74) is 1.01. The number of rotatable bonds is 6. The van der Waals surface area contributed by atoms with Gasteiger partial charge in [0, 0.05) is 34.1 Å². The van der Waals surface area contributed by atoms with E-state index in [1.807, 2.05) is 17.6 Å². The number of carboxylic acid groups (broad SMARTS) is 1. The van der Waals surface area contributed by atoms with Crippen LogP contribution in [0.4, 0.5) is 4.79 Å². The Kier molecular flexibility index (Phi) is 7.16. The molecular formula is C25H31ClN4O6. The summed E-state index contributed by atoms with van der Waals surface area (Å²) >= 11 is 6.18. The molecule has 0 saturated heterocycles. The van der Waals surface area contributed by atoms with Gasteiger partial charge in [0.25, 0.3) is 0 Å². The normalized spacial score (nSPS) is 23.1. The maximum Gasteiger partial charge on any atom is 0.407 e. The Labute approximate surface area is 213 Å². The van der Waals surface area contributed by atoms with Gasteiger partial charge in [-0.05, 0) is 52.0 Å². The van der Waals surface area contributed by atoms with Crippen LogP contribution in [0.5, 0.6) is 5.75 Å². The van der Waals surface area contributed by atoms with E-state index in [2.05, 4.69) is 9.97 Å². The Morgan fingerprint density at radius 2 is 1.97 bits per heavy atom. The van der Waals surface area contributed by atoms with Gasteiger partial charge in [-0.3, -0.25) is 0 Å². The smallest absolute Gasteiger partial charge is 0.407 e. The minimum atomic E-state index is -1.23. The van der Waals surface area contributed by atoms with Crippen molar-refractivity contribution < 1.29 is 30.0 Å². The molecule has 1 aromatic carbocycles. The molecule has 1 amide bonds. The summed E-state index contributed by atoms with van der Waals surface area (Å²) < 4.78 is 7.93. The third kappa shape index (κ3) is 4.99. The number of hydrogen-bond acceptors (Lipinski definition) is 7. The molecule has 1 aliphatic carbocycles. The van der Waals surface area contributed by atoms with Crippen LogP contribution < -0.4 is 4.74 Å². The number of fused-ring (bicyclic) bond motifs is 1. The van der Waals surface area contributed by atoms with Crippen molar-refractivity contribution in [3.8, 4) is 5.75 Å². The highest BCUT2D eigenvalue weighted by molar-refractivity contribution is 6.30. The van der Waals surface area contributed by atoms with Crippen molar-refractivity contribution in [2.75, 3.05) is 6.54 Å². The molecule has 194 valence electrons. The molecule has 0 radical (unpaired) electrons. The van der Waals surface area contributed by atoms with Gasteiger partial charge in [0.05, 0.1) is 18.3 Å². The molecule has 1 saturated carbocycles. The molecule has 0 bridgehead atoms. The second-order valence-corrected chi connectivity index (χ2v) is 10.6. The average Bonchev–Trinajstić information content (AvgIpc) is 3.34. The molecule has 0 aliphatic heterocycles. The zero-order valence-corrected chi connectivity index (χ0v) is 21.3. The van der Waals surface area contributed by atoms with Gasteiger partial charge in [-0.25, -0.2) is 14.8 Å². The lowest BCUT2D eigenvalue weighted by atomic mass is 10.0. The molecule has 4 N–H and O–H groups in total. The lowest BCUT2D eigenvalue weighted by Gasteiger charge is -2.35. The SMILES string of the molecule is Cc1ncnc2c1ccn2[C@@H]1C[C@H](Oc2ccc(Cl)cc2C(O)CN(C(=O)O)C(C)(C)C)[C@@H](O)[C@H]1O. The molecule has 1 fully saturated rings. The number of carbonyl (C=O) groups is 1. The Hall–Kier alpha value is -2.92. The van der Waals surface area contributed by atoms with E-state index in [9.17, 15) is 25.2 Å². The van der Waals surface area contributed by atoms with Crippen LogP contribution in [0.15, 0.2) is 36.8 Å². The van der Waals surface area contributed by atoms with Crippen molar-refractivity contribution in [3.05, 3.63) is 53.1 Å². The molecule has 36 heavy (non-hydrogen) atoms. The predicted molar refractivity (Wildman–Crippen MR) is 133 cm³/mol. The molecule has 1 aliphatic rings. The van der Waals surface area contributed by atoms with Crippen LogP contribution in [0.2, 0.25) is 5.02 Å². The zero-order valence-electron chi connectivity index (χ0n) is 20.5. The maximum absolute atomic E-state index is 11.8. The van der Waals surface area contributed by atoms with Gasteiger partial charge >= 0.3 is 6.09 Å². The first-order valence-electron chi connectivity index (χ1n) is 11.7. The lowest BCUT2D eigenvalue weighted by molar-refractivity contribution is -0.0174. The van der Waals surface area contributed by atoms with Gasteiger partial charge < -0.3 is 34.6 Å². The van der Waals surface area contributed by atoms with Gasteiger partial charge in [-0.15, -0.1) is 0 Å². The standard InChI is InChI=1S/C25H31ClN4O6/c1-13-15-7-8-29(23(15)28-12-27-13)17-10-20(22(33)21(17)32)36-19-6-5-14(26)9-16(19)18(31)11-30(24(34)35)25(2,3)4/h5-9,12,17-18,20-22,31-33H,10-11H2,1-4H3,(H,34,35)/t17-,18?,20+,21+,22-/m1/s1. The van der Waals surface area contributed by atoms with Gasteiger partial charge in [0.2, 0.25) is 0 Å². The number of aromatic nitrogens is 3. The van der Waals surface area contributed by atoms with E-state index in [-0.39, 0.29) is 24.3 Å². The third-order valence-electron chi connectivity index (χ3n) is 6.67. The summed E-state index contributed by atoms with van der Waals surface area (Å²) in [6, 6.07) is 6.03. The number of hydrogen-bond donors (Lipinski definition) is 4. The average molecular weight is 519 g/mol. The van der Waals surface area contributed by atoms with Crippen molar-refractivity contribution in [3.63, 3.8) is 0 Å². The molecule has 2 aromatic heterocycles. The van der Waals surface area contributed by atoms with Crippen LogP contribution in [0.25, 0.3) is 11.0 Å². The van der Waals surface area contributed by atoms with E-state index in [1.54, 1.807) is 39.1 Å². The Bertz CT molecular complexity index is 1260. The highest BCUT2D eigenvalue weighted by atomic mass is 35.5. The van der Waals surface area contributed by atoms with Crippen LogP contribution in [0, 0.1) is 6.92 Å². The van der Waals surface area contributed by atoms with Crippen LogP contribution in [-0.4, -0.2) is 76.3 Å². The molecule has 1 unspecified atom stereocenters. The number of halogens is 1. The van der Waals surface area contributed by atoms with Crippen LogP contribution >= 0.6 is 11.6 Å². The zero-order chi connectivity index (χ0) is 26.4. The van der Waals surface area contributed by atoms with Crippen LogP contribution in [0.1, 0.15) is 50.6 Å². The summed E-state index contributed by atoms with van der Waals surface area (Å²) in [7, 11) is 0. The monoisotopic (exact) mass is 518 g/mol. The number of ether oxygens (including phenoxy) is 1. The van der Waals surface area contributed by atoms with Crippen molar-refractivity contribution in [2.45, 2.75) is 70.1 Å². The minimum Gasteiger partial charge on any atom is -0.487 e. The van der Waals surface area contributed by atoms with Crippen molar-refractivity contribution in [2.24, 2.45) is 0 Å². The number of amides is 1. The first-order valence-corrected chi connectivity index (χ1v) is 12.0. The highest BCUT2D eigenvalue weighted by Gasteiger charge is 2.45. The summed E-state index contributed by atoms with van der Waals surface area (Å²) in [6.45, 7) is 6.87. The van der Waals surface area contributed by atoms with E-state index < -0.39 is 42.1 Å². The van der Waals surface area contributed by atoms with Gasteiger partial charge in [-0.1, -0.05) is 11.6 Å². The molecular weight excluding hydrogens is 488 g/mol. The summed E-state index contributed by atoms with van der Waals surface area (Å²) in [5, 5.41) is 43.5. The van der Waals surface area contributed by atoms with E-state index in [4.69, 9.17) is 16.3 Å². The molecule has 4 rings (SSSR count). The molecule has 10 nitrogen and oxygen atoms in total. The first kappa shape index (κ1) is 26.2.